The fourth-order valence-corrected chi connectivity index (χ4v) is 3.57. The SMILES string of the molecule is N#C/C(=C(/Cl)c1cc(I)ccc1Br)c1cccs1. The fraction of sp³-hybridized carbons (Fsp3) is 0. The van der Waals surface area contributed by atoms with Gasteiger partial charge in [0.25, 0.3) is 0 Å². The van der Waals surface area contributed by atoms with Crippen LogP contribution in [-0.2, 0) is 0 Å². The van der Waals surface area contributed by atoms with E-state index in [1.807, 2.05) is 35.7 Å². The third-order valence-electron chi connectivity index (χ3n) is 2.26. The number of allylic oxidation sites excluding steroid dienone is 1. The summed E-state index contributed by atoms with van der Waals surface area (Å²) in [6.45, 7) is 0. The van der Waals surface area contributed by atoms with Gasteiger partial charge in [-0.2, -0.15) is 5.26 Å². The van der Waals surface area contributed by atoms with Crippen molar-refractivity contribution in [3.63, 3.8) is 0 Å². The van der Waals surface area contributed by atoms with Crippen molar-refractivity contribution >= 4 is 72.1 Å². The van der Waals surface area contributed by atoms with Gasteiger partial charge in [-0.15, -0.1) is 11.3 Å². The van der Waals surface area contributed by atoms with E-state index in [4.69, 9.17) is 11.6 Å². The lowest BCUT2D eigenvalue weighted by molar-refractivity contribution is 1.53. The number of nitriles is 1. The Labute approximate surface area is 136 Å². The Bertz CT molecular complexity index is 644. The third-order valence-corrected chi connectivity index (χ3v) is 4.91. The van der Waals surface area contributed by atoms with Gasteiger partial charge in [-0.3, -0.25) is 0 Å². The van der Waals surface area contributed by atoms with Crippen molar-refractivity contribution in [1.82, 2.24) is 0 Å². The topological polar surface area (TPSA) is 23.8 Å². The summed E-state index contributed by atoms with van der Waals surface area (Å²) < 4.78 is 1.96. The quantitative estimate of drug-likeness (QED) is 0.422. The van der Waals surface area contributed by atoms with Crippen LogP contribution in [0.5, 0.6) is 0 Å². The van der Waals surface area contributed by atoms with Gasteiger partial charge in [0.2, 0.25) is 0 Å². The molecule has 1 heterocycles. The molecule has 18 heavy (non-hydrogen) atoms. The Morgan fingerprint density at radius 2 is 2.17 bits per heavy atom. The minimum Gasteiger partial charge on any atom is -0.192 e. The van der Waals surface area contributed by atoms with Crippen LogP contribution < -0.4 is 0 Å². The van der Waals surface area contributed by atoms with Crippen molar-refractivity contribution in [2.45, 2.75) is 0 Å². The molecule has 0 aliphatic carbocycles. The maximum atomic E-state index is 9.29. The van der Waals surface area contributed by atoms with Gasteiger partial charge in [-0.1, -0.05) is 33.6 Å². The van der Waals surface area contributed by atoms with E-state index in [9.17, 15) is 5.26 Å². The second-order valence-electron chi connectivity index (χ2n) is 3.40. The van der Waals surface area contributed by atoms with Gasteiger partial charge in [0.05, 0.1) is 10.6 Å². The first-order valence-electron chi connectivity index (χ1n) is 4.92. The molecule has 0 spiro atoms. The van der Waals surface area contributed by atoms with Crippen molar-refractivity contribution in [2.75, 3.05) is 0 Å². The van der Waals surface area contributed by atoms with Gasteiger partial charge < -0.3 is 0 Å². The predicted molar refractivity (Wildman–Crippen MR) is 89.5 cm³/mol. The maximum absolute atomic E-state index is 9.29. The summed E-state index contributed by atoms with van der Waals surface area (Å²) in [7, 11) is 0. The molecule has 1 aromatic carbocycles. The summed E-state index contributed by atoms with van der Waals surface area (Å²) in [6.07, 6.45) is 0. The maximum Gasteiger partial charge on any atom is 0.102 e. The minimum atomic E-state index is 0.477. The Morgan fingerprint density at radius 3 is 2.78 bits per heavy atom. The van der Waals surface area contributed by atoms with Gasteiger partial charge in [0.1, 0.15) is 6.07 Å². The fourth-order valence-electron chi connectivity index (χ4n) is 1.43. The Hall–Kier alpha value is -0.350. The van der Waals surface area contributed by atoms with Crippen molar-refractivity contribution in [3.05, 3.63) is 54.2 Å². The summed E-state index contributed by atoms with van der Waals surface area (Å²) in [4.78, 5) is 0.883. The van der Waals surface area contributed by atoms with E-state index in [1.54, 1.807) is 0 Å². The molecule has 2 aromatic rings. The number of thiophene rings is 1. The molecule has 5 heteroatoms. The van der Waals surface area contributed by atoms with Crippen molar-refractivity contribution < 1.29 is 0 Å². The highest BCUT2D eigenvalue weighted by molar-refractivity contribution is 14.1. The second kappa shape index (κ2) is 6.20. The van der Waals surface area contributed by atoms with Crippen molar-refractivity contribution in [3.8, 4) is 6.07 Å². The molecule has 0 radical (unpaired) electrons. The van der Waals surface area contributed by atoms with Crippen LogP contribution in [0, 0.1) is 14.9 Å². The van der Waals surface area contributed by atoms with Crippen LogP contribution in [-0.4, -0.2) is 0 Å². The summed E-state index contributed by atoms with van der Waals surface area (Å²) in [6, 6.07) is 11.9. The van der Waals surface area contributed by atoms with Gasteiger partial charge in [-0.25, -0.2) is 0 Å². The summed E-state index contributed by atoms with van der Waals surface area (Å²) >= 11 is 13.6. The van der Waals surface area contributed by atoms with Crippen LogP contribution in [0.3, 0.4) is 0 Å². The van der Waals surface area contributed by atoms with Crippen molar-refractivity contribution in [1.29, 1.82) is 5.26 Å². The highest BCUT2D eigenvalue weighted by Gasteiger charge is 2.13. The van der Waals surface area contributed by atoms with Crippen LogP contribution in [0.25, 0.3) is 10.6 Å². The van der Waals surface area contributed by atoms with Gasteiger partial charge in [-0.05, 0) is 52.2 Å². The zero-order chi connectivity index (χ0) is 13.1. The van der Waals surface area contributed by atoms with E-state index in [0.717, 1.165) is 18.5 Å². The molecule has 1 nitrogen and oxygen atoms in total. The lowest BCUT2D eigenvalue weighted by Crippen LogP contribution is -1.86. The van der Waals surface area contributed by atoms with Gasteiger partial charge in [0, 0.05) is 18.5 Å². The molecule has 0 N–H and O–H groups in total. The molecular weight excluding hydrogens is 444 g/mol. The molecule has 0 atom stereocenters. The van der Waals surface area contributed by atoms with Gasteiger partial charge >= 0.3 is 0 Å². The minimum absolute atomic E-state index is 0.477. The van der Waals surface area contributed by atoms with E-state index in [-0.39, 0.29) is 0 Å². The molecule has 0 aliphatic heterocycles. The van der Waals surface area contributed by atoms with E-state index in [1.165, 1.54) is 11.3 Å². The van der Waals surface area contributed by atoms with E-state index in [0.29, 0.717) is 10.6 Å². The number of hydrogen-bond acceptors (Lipinski definition) is 2. The van der Waals surface area contributed by atoms with E-state index >= 15 is 0 Å². The lowest BCUT2D eigenvalue weighted by Gasteiger charge is -2.06. The average Bonchev–Trinajstić information content (AvgIpc) is 2.87. The first kappa shape index (κ1) is 14.1. The molecule has 0 saturated heterocycles. The number of rotatable bonds is 2. The van der Waals surface area contributed by atoms with E-state index in [2.05, 4.69) is 44.6 Å². The summed E-state index contributed by atoms with van der Waals surface area (Å²) in [5.41, 5.74) is 1.35. The molecule has 90 valence electrons. The summed E-state index contributed by atoms with van der Waals surface area (Å²) in [5.74, 6) is 0. The normalized spacial score (nSPS) is 11.9. The standard InChI is InChI=1S/C13H6BrClINS/c14-11-4-3-8(16)6-9(11)13(15)10(7-17)12-2-1-5-18-12/h1-6H/b13-10-. The Morgan fingerprint density at radius 1 is 1.39 bits per heavy atom. The first-order chi connectivity index (χ1) is 8.63. The zero-order valence-electron chi connectivity index (χ0n) is 8.95. The molecule has 0 saturated carbocycles. The number of halogens is 3. The molecule has 0 bridgehead atoms. The first-order valence-corrected chi connectivity index (χ1v) is 8.05. The lowest BCUT2D eigenvalue weighted by atomic mass is 10.1. The van der Waals surface area contributed by atoms with Crippen LogP contribution >= 0.6 is 61.5 Å². The highest BCUT2D eigenvalue weighted by atomic mass is 127. The molecule has 1 aromatic heterocycles. The molecule has 0 aliphatic rings. The highest BCUT2D eigenvalue weighted by Crippen LogP contribution is 2.35. The van der Waals surface area contributed by atoms with Crippen molar-refractivity contribution in [2.24, 2.45) is 0 Å². The molecular formula is C13H6BrClINS. The molecule has 0 unspecified atom stereocenters. The Balaban J connectivity index is 2.62. The molecule has 2 rings (SSSR count). The van der Waals surface area contributed by atoms with Crippen LogP contribution in [0.15, 0.2) is 40.2 Å². The number of hydrogen-bond donors (Lipinski definition) is 0. The van der Waals surface area contributed by atoms with Gasteiger partial charge in [0.15, 0.2) is 0 Å². The van der Waals surface area contributed by atoms with Crippen LogP contribution in [0.2, 0.25) is 0 Å². The van der Waals surface area contributed by atoms with Crippen LogP contribution in [0.4, 0.5) is 0 Å². The van der Waals surface area contributed by atoms with E-state index < -0.39 is 0 Å². The largest absolute Gasteiger partial charge is 0.192 e. The Kier molecular flexibility index (Phi) is 4.84. The molecule has 0 fully saturated rings. The number of nitrogens with zero attached hydrogens (tertiary/aromatic N) is 1. The second-order valence-corrected chi connectivity index (χ2v) is 6.83. The predicted octanol–water partition coefficient (Wildman–Crippen LogP) is 5.75. The summed E-state index contributed by atoms with van der Waals surface area (Å²) in [5, 5.41) is 11.7. The zero-order valence-corrected chi connectivity index (χ0v) is 14.3. The smallest absolute Gasteiger partial charge is 0.102 e. The van der Waals surface area contributed by atoms with Crippen LogP contribution in [0.1, 0.15) is 10.4 Å². The number of benzene rings is 1. The third kappa shape index (κ3) is 2.97. The average molecular weight is 451 g/mol. The molecule has 0 amide bonds. The monoisotopic (exact) mass is 449 g/mol.